The zero-order valence-electron chi connectivity index (χ0n) is 17.2. The molecule has 0 aliphatic heterocycles. The van der Waals surface area contributed by atoms with Crippen molar-refractivity contribution in [2.75, 3.05) is 80.2 Å². The number of aliphatic hydroxyl groups is 4. The normalized spacial score (nSPS) is 12.3. The van der Waals surface area contributed by atoms with Crippen LogP contribution in [0.25, 0.3) is 0 Å². The summed E-state index contributed by atoms with van der Waals surface area (Å²) in [7, 11) is 3.15. The molecule has 0 saturated carbocycles. The Morgan fingerprint density at radius 1 is 0.714 bits per heavy atom. The lowest BCUT2D eigenvalue weighted by Gasteiger charge is -2.26. The molecule has 1 unspecified atom stereocenters. The van der Waals surface area contributed by atoms with Crippen molar-refractivity contribution in [1.82, 2.24) is 10.5 Å². The van der Waals surface area contributed by atoms with Gasteiger partial charge in [0.05, 0.1) is 59.4 Å². The molecule has 0 aliphatic carbocycles. The standard InChI is InChI=1S/2C8H19NO5/c1-12-6-2-3-9(13-7-4-10)14-8-5-11;1-3-8(12-2)9(13-6-4-10)14-7-5-11/h10-11H,2-8H2,1H3;8,10-11H,3-7H2,1-2H3. The molecule has 0 bridgehead atoms. The van der Waals surface area contributed by atoms with Gasteiger partial charge in [-0.1, -0.05) is 12.2 Å². The van der Waals surface area contributed by atoms with Crippen LogP contribution in [0.15, 0.2) is 0 Å². The van der Waals surface area contributed by atoms with Crippen molar-refractivity contribution < 1.29 is 49.3 Å². The largest absolute Gasteiger partial charge is 0.394 e. The smallest absolute Gasteiger partial charge is 0.159 e. The van der Waals surface area contributed by atoms with Crippen molar-refractivity contribution >= 4 is 0 Å². The minimum Gasteiger partial charge on any atom is -0.394 e. The molecule has 0 radical (unpaired) electrons. The molecule has 0 aliphatic rings. The van der Waals surface area contributed by atoms with Gasteiger partial charge in [0.15, 0.2) is 6.23 Å². The van der Waals surface area contributed by atoms with Crippen LogP contribution < -0.4 is 0 Å². The molecule has 0 rings (SSSR count). The van der Waals surface area contributed by atoms with E-state index in [4.69, 9.17) is 49.3 Å². The fourth-order valence-corrected chi connectivity index (χ4v) is 1.66. The van der Waals surface area contributed by atoms with Crippen LogP contribution >= 0.6 is 0 Å². The predicted molar refractivity (Wildman–Crippen MR) is 98.3 cm³/mol. The van der Waals surface area contributed by atoms with Crippen molar-refractivity contribution in [2.24, 2.45) is 0 Å². The van der Waals surface area contributed by atoms with E-state index < -0.39 is 0 Å². The number of hydroxylamine groups is 4. The van der Waals surface area contributed by atoms with Crippen molar-refractivity contribution in [2.45, 2.75) is 26.0 Å². The minimum absolute atomic E-state index is 0.0662. The monoisotopic (exact) mass is 418 g/mol. The van der Waals surface area contributed by atoms with Crippen LogP contribution in [-0.4, -0.2) is 117 Å². The molecule has 0 amide bonds. The van der Waals surface area contributed by atoms with E-state index in [0.29, 0.717) is 19.6 Å². The Kier molecular flexibility index (Phi) is 26.1. The van der Waals surface area contributed by atoms with Gasteiger partial charge in [0.1, 0.15) is 0 Å². The highest BCUT2D eigenvalue weighted by Gasteiger charge is 2.17. The summed E-state index contributed by atoms with van der Waals surface area (Å²) in [4.78, 5) is 20.2. The van der Waals surface area contributed by atoms with E-state index in [2.05, 4.69) is 0 Å². The molecule has 12 nitrogen and oxygen atoms in total. The molecule has 1 atom stereocenters. The van der Waals surface area contributed by atoms with Crippen LogP contribution in [0.5, 0.6) is 0 Å². The fraction of sp³-hybridized carbons (Fsp3) is 1.00. The van der Waals surface area contributed by atoms with Crippen molar-refractivity contribution in [3.63, 3.8) is 0 Å². The number of nitrogens with zero attached hydrogens (tertiary/aromatic N) is 2. The highest BCUT2D eigenvalue weighted by atomic mass is 17.0. The van der Waals surface area contributed by atoms with Crippen LogP contribution in [0.1, 0.15) is 19.8 Å². The summed E-state index contributed by atoms with van der Waals surface area (Å²) in [6.45, 7) is 3.35. The third-order valence-electron chi connectivity index (χ3n) is 2.82. The Balaban J connectivity index is 0. The summed E-state index contributed by atoms with van der Waals surface area (Å²) in [5.41, 5.74) is 0. The van der Waals surface area contributed by atoms with Gasteiger partial charge in [-0.05, 0) is 18.1 Å². The molecule has 12 heteroatoms. The van der Waals surface area contributed by atoms with E-state index in [9.17, 15) is 0 Å². The quantitative estimate of drug-likeness (QED) is 0.112. The molecule has 172 valence electrons. The van der Waals surface area contributed by atoms with Crippen LogP contribution in [0.4, 0.5) is 0 Å². The molecule has 28 heavy (non-hydrogen) atoms. The van der Waals surface area contributed by atoms with E-state index in [-0.39, 0.29) is 59.1 Å². The Hall–Kier alpha value is -0.480. The van der Waals surface area contributed by atoms with E-state index in [0.717, 1.165) is 11.6 Å². The first kappa shape index (κ1) is 29.7. The molecule has 0 aromatic heterocycles. The third-order valence-corrected chi connectivity index (χ3v) is 2.82. The zero-order chi connectivity index (χ0) is 21.5. The molecule has 0 spiro atoms. The molecule has 0 saturated heterocycles. The highest BCUT2D eigenvalue weighted by Crippen LogP contribution is 2.06. The van der Waals surface area contributed by atoms with E-state index in [1.807, 2.05) is 6.92 Å². The second-order valence-corrected chi connectivity index (χ2v) is 5.01. The third kappa shape index (κ3) is 18.9. The second kappa shape index (κ2) is 24.6. The average Bonchev–Trinajstić information content (AvgIpc) is 2.72. The Morgan fingerprint density at radius 3 is 1.54 bits per heavy atom. The van der Waals surface area contributed by atoms with E-state index in [1.54, 1.807) is 7.11 Å². The lowest BCUT2D eigenvalue weighted by molar-refractivity contribution is -0.423. The lowest BCUT2D eigenvalue weighted by Crippen LogP contribution is -2.37. The molecule has 0 aromatic rings. The number of rotatable bonds is 19. The topological polar surface area (TPSA) is 143 Å². The lowest BCUT2D eigenvalue weighted by atomic mass is 10.4. The molecular formula is C16H38N2O10. The summed E-state index contributed by atoms with van der Waals surface area (Å²) in [6.07, 6.45) is 1.09. The summed E-state index contributed by atoms with van der Waals surface area (Å²) in [5.74, 6) is 0. The Labute approximate surface area is 166 Å². The van der Waals surface area contributed by atoms with Crippen LogP contribution in [-0.2, 0) is 28.8 Å². The number of hydrogen-bond acceptors (Lipinski definition) is 12. The van der Waals surface area contributed by atoms with Gasteiger partial charge in [-0.15, -0.1) is 0 Å². The zero-order valence-corrected chi connectivity index (χ0v) is 17.2. The molecule has 0 aromatic carbocycles. The van der Waals surface area contributed by atoms with Crippen molar-refractivity contribution in [3.8, 4) is 0 Å². The first-order chi connectivity index (χ1) is 13.6. The Morgan fingerprint density at radius 2 is 1.18 bits per heavy atom. The number of methoxy groups -OCH3 is 2. The second-order valence-electron chi connectivity index (χ2n) is 5.01. The summed E-state index contributed by atoms with van der Waals surface area (Å²) in [6, 6.07) is 0. The fourth-order valence-electron chi connectivity index (χ4n) is 1.66. The van der Waals surface area contributed by atoms with Gasteiger partial charge < -0.3 is 29.9 Å². The molecule has 0 heterocycles. The van der Waals surface area contributed by atoms with Crippen LogP contribution in [0, 0.1) is 0 Å². The van der Waals surface area contributed by atoms with Gasteiger partial charge in [-0.25, -0.2) is 0 Å². The number of aliphatic hydroxyl groups excluding tert-OH is 4. The van der Waals surface area contributed by atoms with Gasteiger partial charge >= 0.3 is 0 Å². The first-order valence-electron chi connectivity index (χ1n) is 9.18. The Bertz CT molecular complexity index is 272. The van der Waals surface area contributed by atoms with Crippen LogP contribution in [0.3, 0.4) is 0 Å². The van der Waals surface area contributed by atoms with Gasteiger partial charge in [0, 0.05) is 20.8 Å². The maximum atomic E-state index is 8.57. The average molecular weight is 418 g/mol. The first-order valence-corrected chi connectivity index (χ1v) is 9.18. The van der Waals surface area contributed by atoms with E-state index in [1.165, 1.54) is 12.3 Å². The van der Waals surface area contributed by atoms with Gasteiger partial charge in [-0.3, -0.25) is 19.4 Å². The molecule has 4 N–H and O–H groups in total. The van der Waals surface area contributed by atoms with Gasteiger partial charge in [-0.2, -0.15) is 0 Å². The van der Waals surface area contributed by atoms with Gasteiger partial charge in [0.2, 0.25) is 0 Å². The maximum Gasteiger partial charge on any atom is 0.159 e. The minimum atomic E-state index is -0.340. The van der Waals surface area contributed by atoms with Crippen LogP contribution in [0.2, 0.25) is 0 Å². The van der Waals surface area contributed by atoms with E-state index >= 15 is 0 Å². The van der Waals surface area contributed by atoms with Gasteiger partial charge in [0.25, 0.3) is 0 Å². The number of hydrogen-bond donors (Lipinski definition) is 4. The van der Waals surface area contributed by atoms with Crippen molar-refractivity contribution in [1.29, 1.82) is 0 Å². The predicted octanol–water partition coefficient (Wildman–Crippen LogP) is -1.31. The number of ether oxygens (including phenoxy) is 2. The SMILES string of the molecule is CCC(OC)N(OCCO)OCCO.COCCCN(OCCO)OCCO. The molecule has 0 fully saturated rings. The maximum absolute atomic E-state index is 8.57. The summed E-state index contributed by atoms with van der Waals surface area (Å²) in [5, 5.41) is 36.6. The summed E-state index contributed by atoms with van der Waals surface area (Å²) < 4.78 is 9.93. The molecular weight excluding hydrogens is 380 g/mol. The van der Waals surface area contributed by atoms with Crippen molar-refractivity contribution in [3.05, 3.63) is 0 Å². The highest BCUT2D eigenvalue weighted by molar-refractivity contribution is 4.42. The summed E-state index contributed by atoms with van der Waals surface area (Å²) >= 11 is 0.